The van der Waals surface area contributed by atoms with E-state index in [-0.39, 0.29) is 5.82 Å². The van der Waals surface area contributed by atoms with Gasteiger partial charge < -0.3 is 25.9 Å². The quantitative estimate of drug-likeness (QED) is 0.301. The Balaban J connectivity index is 0.000000454. The van der Waals surface area contributed by atoms with Crippen LogP contribution in [0.5, 0.6) is 5.75 Å². The third-order valence-corrected chi connectivity index (χ3v) is 5.09. The van der Waals surface area contributed by atoms with Crippen LogP contribution >= 0.6 is 11.6 Å². The first kappa shape index (κ1) is 26.7. The fourth-order valence-corrected chi connectivity index (χ4v) is 3.40. The average Bonchev–Trinajstić information content (AvgIpc) is 3.43. The number of aromatic nitrogens is 5. The van der Waals surface area contributed by atoms with E-state index in [1.165, 1.54) is 0 Å². The van der Waals surface area contributed by atoms with E-state index in [0.717, 1.165) is 17.5 Å². The summed E-state index contributed by atoms with van der Waals surface area (Å²) in [6.45, 7) is 3.59. The smallest absolute Gasteiger partial charge is 0.490 e. The number of nitrogens with two attached hydrogens (primary N) is 2. The highest BCUT2D eigenvalue weighted by atomic mass is 35.5. The summed E-state index contributed by atoms with van der Waals surface area (Å²) in [6, 6.07) is 7.48. The number of rotatable bonds is 7. The summed E-state index contributed by atoms with van der Waals surface area (Å²) in [5, 5.41) is 15.3. The van der Waals surface area contributed by atoms with Crippen molar-refractivity contribution in [2.45, 2.75) is 26.1 Å². The molecule has 0 spiro atoms. The predicted octanol–water partition coefficient (Wildman–Crippen LogP) is 3.76. The van der Waals surface area contributed by atoms with E-state index in [2.05, 4.69) is 15.3 Å². The highest BCUT2D eigenvalue weighted by molar-refractivity contribution is 6.33. The molecule has 0 aliphatic carbocycles. The maximum Gasteiger partial charge on any atom is 0.490 e. The van der Waals surface area contributed by atoms with Gasteiger partial charge in [-0.1, -0.05) is 29.8 Å². The number of imidazole rings is 1. The number of nitrogens with zero attached hydrogens (tertiary/aromatic N) is 5. The number of carbonyl (C=O) groups is 1. The Bertz CT molecular complexity index is 1360. The second-order valence-electron chi connectivity index (χ2n) is 7.12. The number of aliphatic carboxylic acids is 1. The molecule has 36 heavy (non-hydrogen) atoms. The van der Waals surface area contributed by atoms with Crippen LogP contribution in [0.1, 0.15) is 13.3 Å². The Hall–Kier alpha value is -3.91. The highest BCUT2D eigenvalue weighted by Crippen LogP contribution is 2.38. The molecule has 192 valence electrons. The fraction of sp³-hybridized carbons (Fsp3) is 0.286. The van der Waals surface area contributed by atoms with Gasteiger partial charge in [0.05, 0.1) is 23.5 Å². The molecule has 0 fully saturated rings. The van der Waals surface area contributed by atoms with Gasteiger partial charge in [0.2, 0.25) is 0 Å². The standard InChI is InChI=1S/C19H20ClN7O2.C2HF3O2/c1-2-27-17-13(28-9-5-8-21)10-23-14(11-6-3-4-7-12(11)20)15(17)24-19(27)16-18(22)26-29-25-16;3-2(4,5)1(6)7/h3-4,6-7,10H,2,5,8-9,21H2,1H3,(H2,22,26);(H,6,7). The minimum atomic E-state index is -5.08. The summed E-state index contributed by atoms with van der Waals surface area (Å²) in [4.78, 5) is 18.3. The van der Waals surface area contributed by atoms with Crippen LogP contribution in [0.4, 0.5) is 19.0 Å². The summed E-state index contributed by atoms with van der Waals surface area (Å²) in [5.74, 6) is -1.48. The van der Waals surface area contributed by atoms with Gasteiger partial charge in [0.25, 0.3) is 0 Å². The lowest BCUT2D eigenvalue weighted by Gasteiger charge is -2.12. The van der Waals surface area contributed by atoms with Crippen molar-refractivity contribution in [3.8, 4) is 28.5 Å². The minimum absolute atomic E-state index is 0.160. The van der Waals surface area contributed by atoms with Crippen molar-refractivity contribution in [2.24, 2.45) is 5.73 Å². The van der Waals surface area contributed by atoms with Crippen molar-refractivity contribution in [3.05, 3.63) is 35.5 Å². The molecule has 0 aliphatic heterocycles. The molecule has 11 nitrogen and oxygen atoms in total. The highest BCUT2D eigenvalue weighted by Gasteiger charge is 2.38. The Labute approximate surface area is 206 Å². The third kappa shape index (κ3) is 5.66. The minimum Gasteiger partial charge on any atom is -0.490 e. The Morgan fingerprint density at radius 1 is 1.25 bits per heavy atom. The Morgan fingerprint density at radius 2 is 1.94 bits per heavy atom. The van der Waals surface area contributed by atoms with Gasteiger partial charge in [0.1, 0.15) is 11.0 Å². The molecule has 0 saturated heterocycles. The lowest BCUT2D eigenvalue weighted by atomic mass is 10.1. The number of alkyl halides is 3. The predicted molar refractivity (Wildman–Crippen MR) is 124 cm³/mol. The number of carboxylic acids is 1. The SMILES string of the molecule is CCn1c(-c2nonc2N)nc2c(-c3ccccc3Cl)ncc(OCCCN)c21.O=C(O)C(F)(F)F. The van der Waals surface area contributed by atoms with Crippen LogP contribution in [0.25, 0.3) is 33.8 Å². The lowest BCUT2D eigenvalue weighted by Crippen LogP contribution is -2.21. The van der Waals surface area contributed by atoms with E-state index in [9.17, 15) is 13.2 Å². The summed E-state index contributed by atoms with van der Waals surface area (Å²) in [5.41, 5.74) is 14.7. The van der Waals surface area contributed by atoms with Gasteiger partial charge in [-0.15, -0.1) is 0 Å². The van der Waals surface area contributed by atoms with Crippen molar-refractivity contribution >= 4 is 34.4 Å². The van der Waals surface area contributed by atoms with Gasteiger partial charge in [0, 0.05) is 12.1 Å². The second kappa shape index (κ2) is 11.2. The van der Waals surface area contributed by atoms with Crippen molar-refractivity contribution in [3.63, 3.8) is 0 Å². The van der Waals surface area contributed by atoms with Crippen LogP contribution < -0.4 is 16.2 Å². The largest absolute Gasteiger partial charge is 0.490 e. The van der Waals surface area contributed by atoms with Gasteiger partial charge in [-0.25, -0.2) is 19.4 Å². The van der Waals surface area contributed by atoms with Gasteiger partial charge in [-0.2, -0.15) is 13.2 Å². The molecular formula is C21H21ClF3N7O4. The topological polar surface area (TPSA) is 168 Å². The maximum absolute atomic E-state index is 10.6. The van der Waals surface area contributed by atoms with E-state index in [1.54, 1.807) is 6.20 Å². The van der Waals surface area contributed by atoms with Gasteiger partial charge in [-0.05, 0) is 36.3 Å². The summed E-state index contributed by atoms with van der Waals surface area (Å²) < 4.78 is 44.4. The van der Waals surface area contributed by atoms with Crippen LogP contribution in [0.15, 0.2) is 35.1 Å². The molecule has 3 aromatic heterocycles. The maximum atomic E-state index is 10.6. The molecule has 1 aromatic carbocycles. The Kier molecular flexibility index (Phi) is 8.32. The normalized spacial score (nSPS) is 11.3. The van der Waals surface area contributed by atoms with E-state index >= 15 is 0 Å². The molecule has 15 heteroatoms. The number of carboxylic acid groups (broad SMARTS) is 1. The molecule has 4 rings (SSSR count). The zero-order chi connectivity index (χ0) is 26.5. The third-order valence-electron chi connectivity index (χ3n) is 4.76. The molecule has 0 amide bonds. The zero-order valence-corrected chi connectivity index (χ0v) is 19.5. The number of aryl methyl sites for hydroxylation is 1. The number of hydrogen-bond acceptors (Lipinski definition) is 9. The van der Waals surface area contributed by atoms with Crippen LogP contribution in [-0.2, 0) is 11.3 Å². The van der Waals surface area contributed by atoms with Gasteiger partial charge in [-0.3, -0.25) is 0 Å². The average molecular weight is 528 g/mol. The summed E-state index contributed by atoms with van der Waals surface area (Å²) >= 11 is 6.43. The van der Waals surface area contributed by atoms with Crippen LogP contribution in [0, 0.1) is 0 Å². The van der Waals surface area contributed by atoms with E-state index < -0.39 is 12.1 Å². The second-order valence-corrected chi connectivity index (χ2v) is 7.53. The van der Waals surface area contributed by atoms with Gasteiger partial charge >= 0.3 is 12.1 Å². The fourth-order valence-electron chi connectivity index (χ4n) is 3.17. The monoisotopic (exact) mass is 527 g/mol. The molecule has 0 radical (unpaired) electrons. The first-order valence-corrected chi connectivity index (χ1v) is 10.8. The Morgan fingerprint density at radius 3 is 2.50 bits per heavy atom. The summed E-state index contributed by atoms with van der Waals surface area (Å²) in [6.07, 6.45) is -2.68. The van der Waals surface area contributed by atoms with Crippen molar-refractivity contribution in [1.82, 2.24) is 24.8 Å². The molecule has 0 saturated carbocycles. The number of pyridine rings is 1. The lowest BCUT2D eigenvalue weighted by molar-refractivity contribution is -0.192. The van der Waals surface area contributed by atoms with Crippen LogP contribution in [-0.4, -0.2) is 55.3 Å². The molecular weight excluding hydrogens is 507 g/mol. The van der Waals surface area contributed by atoms with Crippen LogP contribution in [0.3, 0.4) is 0 Å². The van der Waals surface area contributed by atoms with Crippen LogP contribution in [0.2, 0.25) is 5.02 Å². The molecule has 0 atom stereocenters. The molecule has 0 unspecified atom stereocenters. The zero-order valence-electron chi connectivity index (χ0n) is 18.8. The molecule has 0 aliphatic rings. The number of hydrogen-bond donors (Lipinski definition) is 3. The number of anilines is 1. The number of ether oxygens (including phenoxy) is 1. The van der Waals surface area contributed by atoms with E-state index in [0.29, 0.717) is 53.2 Å². The summed E-state index contributed by atoms with van der Waals surface area (Å²) in [7, 11) is 0. The molecule has 0 bridgehead atoms. The van der Waals surface area contributed by atoms with Crippen molar-refractivity contribution in [1.29, 1.82) is 0 Å². The van der Waals surface area contributed by atoms with Gasteiger partial charge in [0.15, 0.2) is 23.1 Å². The molecule has 4 aromatic rings. The number of halogens is 4. The van der Waals surface area contributed by atoms with Crippen molar-refractivity contribution < 1.29 is 32.4 Å². The molecule has 3 heterocycles. The molecule has 5 N–H and O–H groups in total. The van der Waals surface area contributed by atoms with E-state index in [4.69, 9.17) is 47.3 Å². The first-order chi connectivity index (χ1) is 17.1. The van der Waals surface area contributed by atoms with Crippen molar-refractivity contribution in [2.75, 3.05) is 18.9 Å². The number of benzene rings is 1. The number of fused-ring (bicyclic) bond motifs is 1. The first-order valence-electron chi connectivity index (χ1n) is 10.5. The number of nitrogen functional groups attached to an aromatic ring is 1. The van der Waals surface area contributed by atoms with E-state index in [1.807, 2.05) is 35.8 Å².